The van der Waals surface area contributed by atoms with E-state index in [1.165, 1.54) is 0 Å². The van der Waals surface area contributed by atoms with Crippen LogP contribution in [0, 0.1) is 5.92 Å². The van der Waals surface area contributed by atoms with Gasteiger partial charge in [-0.3, -0.25) is 4.79 Å². The minimum absolute atomic E-state index is 0.113. The number of rotatable bonds is 9. The van der Waals surface area contributed by atoms with Crippen LogP contribution in [-0.4, -0.2) is 34.6 Å². The molecule has 0 aliphatic heterocycles. The maximum atomic E-state index is 12.4. The molecule has 6 heteroatoms. The van der Waals surface area contributed by atoms with E-state index >= 15 is 0 Å². The van der Waals surface area contributed by atoms with Crippen molar-refractivity contribution in [3.63, 3.8) is 0 Å². The molecule has 1 unspecified atom stereocenters. The van der Waals surface area contributed by atoms with Crippen molar-refractivity contribution >= 4 is 22.8 Å². The molecule has 1 heterocycles. The first-order chi connectivity index (χ1) is 13.9. The summed E-state index contributed by atoms with van der Waals surface area (Å²) in [4.78, 5) is 27.2. The number of aromatic nitrogens is 1. The highest BCUT2D eigenvalue weighted by molar-refractivity contribution is 5.87. The zero-order chi connectivity index (χ0) is 20.8. The van der Waals surface area contributed by atoms with Crippen molar-refractivity contribution in [3.05, 3.63) is 65.9 Å². The van der Waals surface area contributed by atoms with Gasteiger partial charge in [0.25, 0.3) is 0 Å². The monoisotopic (exact) mass is 394 g/mol. The molecule has 0 aliphatic rings. The fraction of sp³-hybridized carbons (Fsp3) is 0.304. The van der Waals surface area contributed by atoms with Gasteiger partial charge in [-0.15, -0.1) is 0 Å². The van der Waals surface area contributed by atoms with Crippen molar-refractivity contribution in [3.8, 4) is 5.75 Å². The number of aromatic amines is 1. The maximum Gasteiger partial charge on any atom is 0.326 e. The zero-order valence-electron chi connectivity index (χ0n) is 16.6. The molecule has 1 amide bonds. The Morgan fingerprint density at radius 3 is 2.52 bits per heavy atom. The number of carboxylic acids is 1. The van der Waals surface area contributed by atoms with Gasteiger partial charge in [-0.25, -0.2) is 4.79 Å². The Kier molecular flexibility index (Phi) is 6.54. The highest BCUT2D eigenvalue weighted by atomic mass is 16.5. The Labute approximate surface area is 169 Å². The summed E-state index contributed by atoms with van der Waals surface area (Å²) in [5.41, 5.74) is 2.60. The van der Waals surface area contributed by atoms with Crippen molar-refractivity contribution in [1.29, 1.82) is 0 Å². The van der Waals surface area contributed by atoms with Crippen molar-refractivity contribution in [2.75, 3.05) is 6.61 Å². The van der Waals surface area contributed by atoms with Crippen LogP contribution in [0.3, 0.4) is 0 Å². The Bertz CT molecular complexity index is 976. The first-order valence-electron chi connectivity index (χ1n) is 9.71. The smallest absolute Gasteiger partial charge is 0.326 e. The van der Waals surface area contributed by atoms with Gasteiger partial charge in [-0.05, 0) is 35.2 Å². The van der Waals surface area contributed by atoms with E-state index in [0.717, 1.165) is 27.8 Å². The van der Waals surface area contributed by atoms with E-state index < -0.39 is 12.0 Å². The topological polar surface area (TPSA) is 91.4 Å². The number of fused-ring (bicyclic) bond motifs is 1. The number of carbonyl (C=O) groups excluding carboxylic acids is 1. The van der Waals surface area contributed by atoms with Crippen LogP contribution in [0.2, 0.25) is 0 Å². The number of nitrogens with one attached hydrogen (secondary N) is 2. The van der Waals surface area contributed by atoms with E-state index in [1.54, 1.807) is 6.20 Å². The standard InChI is InChI=1S/C23H26N2O4/c1-15(2)14-29-18-9-7-16(8-10-18)11-22(26)25-21(23(27)28)12-17-13-24-20-6-4-3-5-19(17)20/h3-10,13,15,21,24H,11-12,14H2,1-2H3,(H,25,26)(H,27,28). The number of aliphatic carboxylic acids is 1. The van der Waals surface area contributed by atoms with E-state index in [0.29, 0.717) is 12.5 Å². The molecule has 0 saturated heterocycles. The SMILES string of the molecule is CC(C)COc1ccc(CC(=O)NC(Cc2c[nH]c3ccccc23)C(=O)O)cc1. The molecule has 0 aliphatic carbocycles. The third kappa shape index (κ3) is 5.60. The maximum absolute atomic E-state index is 12.4. The predicted octanol–water partition coefficient (Wildman–Crippen LogP) is 3.56. The second kappa shape index (κ2) is 9.28. The molecule has 29 heavy (non-hydrogen) atoms. The number of carbonyl (C=O) groups is 2. The lowest BCUT2D eigenvalue weighted by atomic mass is 10.0. The third-order valence-electron chi connectivity index (χ3n) is 4.60. The van der Waals surface area contributed by atoms with Crippen LogP contribution < -0.4 is 10.1 Å². The minimum Gasteiger partial charge on any atom is -0.493 e. The summed E-state index contributed by atoms with van der Waals surface area (Å²) in [7, 11) is 0. The van der Waals surface area contributed by atoms with Gasteiger partial charge in [0.2, 0.25) is 5.91 Å². The van der Waals surface area contributed by atoms with Crippen LogP contribution in [0.25, 0.3) is 10.9 Å². The third-order valence-corrected chi connectivity index (χ3v) is 4.60. The van der Waals surface area contributed by atoms with Gasteiger partial charge in [-0.2, -0.15) is 0 Å². The van der Waals surface area contributed by atoms with Crippen LogP contribution in [0.15, 0.2) is 54.7 Å². The van der Waals surface area contributed by atoms with Crippen molar-refractivity contribution in [2.24, 2.45) is 5.92 Å². The molecule has 2 aromatic carbocycles. The summed E-state index contributed by atoms with van der Waals surface area (Å²) < 4.78 is 5.64. The van der Waals surface area contributed by atoms with Crippen LogP contribution in [0.4, 0.5) is 0 Å². The lowest BCUT2D eigenvalue weighted by Gasteiger charge is -2.14. The van der Waals surface area contributed by atoms with Crippen molar-refractivity contribution < 1.29 is 19.4 Å². The molecular weight excluding hydrogens is 368 g/mol. The molecule has 152 valence electrons. The van der Waals surface area contributed by atoms with Gasteiger partial charge in [0.15, 0.2) is 0 Å². The van der Waals surface area contributed by atoms with Gasteiger partial charge in [0.1, 0.15) is 11.8 Å². The van der Waals surface area contributed by atoms with Crippen molar-refractivity contribution in [1.82, 2.24) is 10.3 Å². The summed E-state index contributed by atoms with van der Waals surface area (Å²) in [6.45, 7) is 4.79. The predicted molar refractivity (Wildman–Crippen MR) is 112 cm³/mol. The van der Waals surface area contributed by atoms with Gasteiger partial charge in [0, 0.05) is 23.5 Å². The van der Waals surface area contributed by atoms with E-state index in [1.807, 2.05) is 48.5 Å². The fourth-order valence-corrected chi connectivity index (χ4v) is 3.12. The lowest BCUT2D eigenvalue weighted by molar-refractivity contribution is -0.141. The Morgan fingerprint density at radius 1 is 1.10 bits per heavy atom. The van der Waals surface area contributed by atoms with E-state index in [2.05, 4.69) is 24.1 Å². The molecule has 0 bridgehead atoms. The number of H-pyrrole nitrogens is 1. The Morgan fingerprint density at radius 2 is 1.83 bits per heavy atom. The quantitative estimate of drug-likeness (QED) is 0.517. The van der Waals surface area contributed by atoms with Gasteiger partial charge in [0.05, 0.1) is 13.0 Å². The molecule has 0 spiro atoms. The molecule has 0 fully saturated rings. The number of hydrogen-bond acceptors (Lipinski definition) is 3. The van der Waals surface area contributed by atoms with Gasteiger partial charge in [-0.1, -0.05) is 44.2 Å². The molecule has 1 atom stereocenters. The molecule has 3 aromatic rings. The molecule has 0 radical (unpaired) electrons. The minimum atomic E-state index is -1.05. The first kappa shape index (κ1) is 20.5. The molecular formula is C23H26N2O4. The zero-order valence-corrected chi connectivity index (χ0v) is 16.6. The summed E-state index contributed by atoms with van der Waals surface area (Å²) in [5, 5.41) is 13.2. The highest BCUT2D eigenvalue weighted by Gasteiger charge is 2.22. The van der Waals surface area contributed by atoms with Gasteiger partial charge < -0.3 is 20.1 Å². The summed E-state index contributed by atoms with van der Waals surface area (Å²) >= 11 is 0. The van der Waals surface area contributed by atoms with Crippen LogP contribution >= 0.6 is 0 Å². The molecule has 1 aromatic heterocycles. The Balaban J connectivity index is 1.60. The van der Waals surface area contributed by atoms with Gasteiger partial charge >= 0.3 is 5.97 Å². The van der Waals surface area contributed by atoms with Crippen LogP contribution in [0.1, 0.15) is 25.0 Å². The first-order valence-corrected chi connectivity index (χ1v) is 9.71. The van der Waals surface area contributed by atoms with E-state index in [4.69, 9.17) is 4.74 Å². The van der Waals surface area contributed by atoms with Crippen LogP contribution in [-0.2, 0) is 22.4 Å². The summed E-state index contributed by atoms with van der Waals surface area (Å²) in [5.74, 6) is -0.190. The number of ether oxygens (including phenoxy) is 1. The number of hydrogen-bond donors (Lipinski definition) is 3. The summed E-state index contributed by atoms with van der Waals surface area (Å²) in [6.07, 6.45) is 2.12. The lowest BCUT2D eigenvalue weighted by Crippen LogP contribution is -2.43. The fourth-order valence-electron chi connectivity index (χ4n) is 3.12. The highest BCUT2D eigenvalue weighted by Crippen LogP contribution is 2.19. The number of carboxylic acid groups (broad SMARTS) is 1. The average molecular weight is 394 g/mol. The normalized spacial score (nSPS) is 12.1. The molecule has 3 N–H and O–H groups in total. The number of amides is 1. The van der Waals surface area contributed by atoms with Crippen LogP contribution in [0.5, 0.6) is 5.75 Å². The Hall–Kier alpha value is -3.28. The average Bonchev–Trinajstić information content (AvgIpc) is 3.10. The van der Waals surface area contributed by atoms with Crippen molar-refractivity contribution in [2.45, 2.75) is 32.7 Å². The van der Waals surface area contributed by atoms with E-state index in [-0.39, 0.29) is 18.7 Å². The summed E-state index contributed by atoms with van der Waals surface area (Å²) in [6, 6.07) is 14.0. The molecule has 0 saturated carbocycles. The molecule has 3 rings (SSSR count). The number of para-hydroxylation sites is 1. The second-order valence-electron chi connectivity index (χ2n) is 7.55. The second-order valence-corrected chi connectivity index (χ2v) is 7.55. The molecule has 6 nitrogen and oxygen atoms in total. The van der Waals surface area contributed by atoms with E-state index in [9.17, 15) is 14.7 Å². The number of benzene rings is 2. The largest absolute Gasteiger partial charge is 0.493 e.